The van der Waals surface area contributed by atoms with E-state index in [-0.39, 0.29) is 16.1 Å². The van der Waals surface area contributed by atoms with E-state index in [1.165, 1.54) is 24.3 Å². The molecule has 0 saturated heterocycles. The molecule has 8 heteroatoms. The number of benzene rings is 3. The minimum Gasteiger partial charge on any atom is -0.322 e. The zero-order valence-electron chi connectivity index (χ0n) is 14.3. The number of rotatable bonds is 5. The minimum absolute atomic E-state index is 0.0322. The summed E-state index contributed by atoms with van der Waals surface area (Å²) in [4.78, 5) is 23.9. The van der Waals surface area contributed by atoms with Crippen LogP contribution in [0.4, 0.5) is 15.8 Å². The second-order valence-corrected chi connectivity index (χ2v) is 6.70. The third-order valence-corrected chi connectivity index (χ3v) is 4.85. The SMILES string of the molecule is N#Cc1cccc(NC(=O)c2cc([N+](=O)[O-])ccc2Sc2ccccc2F)c1. The number of halogens is 1. The Bertz CT molecular complexity index is 1110. The van der Waals surface area contributed by atoms with Crippen molar-refractivity contribution in [3.63, 3.8) is 0 Å². The number of non-ortho nitro benzene ring substituents is 1. The molecular weight excluding hydrogens is 381 g/mol. The molecule has 1 N–H and O–H groups in total. The molecule has 0 bridgehead atoms. The van der Waals surface area contributed by atoms with Gasteiger partial charge in [0, 0.05) is 27.6 Å². The first kappa shape index (κ1) is 19.1. The molecule has 0 aliphatic rings. The molecule has 3 aromatic rings. The molecule has 0 unspecified atom stereocenters. The van der Waals surface area contributed by atoms with Gasteiger partial charge >= 0.3 is 0 Å². The van der Waals surface area contributed by atoms with Gasteiger partial charge in [0.05, 0.1) is 22.1 Å². The van der Waals surface area contributed by atoms with Crippen LogP contribution in [0.1, 0.15) is 15.9 Å². The molecule has 3 aromatic carbocycles. The summed E-state index contributed by atoms with van der Waals surface area (Å²) in [7, 11) is 0. The highest BCUT2D eigenvalue weighted by atomic mass is 32.2. The predicted molar refractivity (Wildman–Crippen MR) is 103 cm³/mol. The lowest BCUT2D eigenvalue weighted by Gasteiger charge is -2.11. The summed E-state index contributed by atoms with van der Waals surface area (Å²) in [5.74, 6) is -1.06. The number of hydrogen-bond acceptors (Lipinski definition) is 5. The van der Waals surface area contributed by atoms with Gasteiger partial charge in [0.15, 0.2) is 0 Å². The summed E-state index contributed by atoms with van der Waals surface area (Å²) in [5, 5.41) is 22.7. The molecule has 0 atom stereocenters. The van der Waals surface area contributed by atoms with E-state index < -0.39 is 16.6 Å². The Kier molecular flexibility index (Phi) is 5.67. The van der Waals surface area contributed by atoms with E-state index in [0.29, 0.717) is 16.1 Å². The summed E-state index contributed by atoms with van der Waals surface area (Å²) in [6.45, 7) is 0. The number of amides is 1. The molecule has 28 heavy (non-hydrogen) atoms. The Balaban J connectivity index is 1.97. The number of nitrogens with zero attached hydrogens (tertiary/aromatic N) is 2. The first-order valence-corrected chi connectivity index (χ1v) is 8.82. The Morgan fingerprint density at radius 1 is 1.07 bits per heavy atom. The molecule has 3 rings (SSSR count). The molecule has 1 amide bonds. The van der Waals surface area contributed by atoms with Crippen molar-refractivity contribution in [2.45, 2.75) is 9.79 Å². The molecular formula is C20H12FN3O3S. The van der Waals surface area contributed by atoms with Crippen molar-refractivity contribution in [3.05, 3.63) is 93.8 Å². The maximum absolute atomic E-state index is 14.0. The number of carbonyl (C=O) groups excluding carboxylic acids is 1. The lowest BCUT2D eigenvalue weighted by molar-refractivity contribution is -0.384. The lowest BCUT2D eigenvalue weighted by atomic mass is 10.1. The van der Waals surface area contributed by atoms with E-state index in [1.54, 1.807) is 36.4 Å². The van der Waals surface area contributed by atoms with Crippen molar-refractivity contribution in [3.8, 4) is 6.07 Å². The molecule has 0 heterocycles. The summed E-state index contributed by atoms with van der Waals surface area (Å²) in [5.41, 5.74) is 0.508. The molecule has 6 nitrogen and oxygen atoms in total. The number of nitrogens with one attached hydrogen (secondary N) is 1. The standard InChI is InChI=1S/C20H12FN3O3S/c21-17-6-1-2-7-19(17)28-18-9-8-15(24(26)27)11-16(18)20(25)23-14-5-3-4-13(10-14)12-22/h1-11H,(H,23,25). The zero-order chi connectivity index (χ0) is 20.1. The normalized spacial score (nSPS) is 10.1. The van der Waals surface area contributed by atoms with Gasteiger partial charge in [-0.3, -0.25) is 14.9 Å². The topological polar surface area (TPSA) is 96.0 Å². The monoisotopic (exact) mass is 393 g/mol. The van der Waals surface area contributed by atoms with Crippen molar-refractivity contribution < 1.29 is 14.1 Å². The summed E-state index contributed by atoms with van der Waals surface area (Å²) >= 11 is 0.997. The fraction of sp³-hybridized carbons (Fsp3) is 0. The average Bonchev–Trinajstić information content (AvgIpc) is 2.70. The van der Waals surface area contributed by atoms with E-state index in [1.807, 2.05) is 6.07 Å². The second kappa shape index (κ2) is 8.33. The number of anilines is 1. The highest BCUT2D eigenvalue weighted by molar-refractivity contribution is 7.99. The minimum atomic E-state index is -0.607. The van der Waals surface area contributed by atoms with Crippen LogP contribution in [0.15, 0.2) is 76.5 Å². The fourth-order valence-corrected chi connectivity index (χ4v) is 3.36. The number of nitro groups is 1. The highest BCUT2D eigenvalue weighted by Gasteiger charge is 2.19. The second-order valence-electron chi connectivity index (χ2n) is 5.62. The predicted octanol–water partition coefficient (Wildman–Crippen LogP) is 5.01. The van der Waals surface area contributed by atoms with Crippen LogP contribution in [0.3, 0.4) is 0 Å². The van der Waals surface area contributed by atoms with Crippen LogP contribution < -0.4 is 5.32 Å². The van der Waals surface area contributed by atoms with Crippen LogP contribution in [0.5, 0.6) is 0 Å². The van der Waals surface area contributed by atoms with E-state index >= 15 is 0 Å². The van der Waals surface area contributed by atoms with Gasteiger partial charge in [0.2, 0.25) is 0 Å². The maximum Gasteiger partial charge on any atom is 0.270 e. The molecule has 0 aliphatic heterocycles. The Morgan fingerprint density at radius 3 is 2.57 bits per heavy atom. The van der Waals surface area contributed by atoms with Crippen molar-refractivity contribution in [1.29, 1.82) is 5.26 Å². The molecule has 0 aliphatic carbocycles. The first-order valence-electron chi connectivity index (χ1n) is 8.00. The smallest absolute Gasteiger partial charge is 0.270 e. The number of hydrogen-bond donors (Lipinski definition) is 1. The molecule has 138 valence electrons. The van der Waals surface area contributed by atoms with Crippen LogP contribution in [-0.4, -0.2) is 10.8 Å². The molecule has 0 aromatic heterocycles. The highest BCUT2D eigenvalue weighted by Crippen LogP contribution is 2.34. The van der Waals surface area contributed by atoms with Crippen LogP contribution in [-0.2, 0) is 0 Å². The summed E-state index contributed by atoms with van der Waals surface area (Å²) < 4.78 is 14.0. The molecule has 0 radical (unpaired) electrons. The third kappa shape index (κ3) is 4.34. The van der Waals surface area contributed by atoms with E-state index in [0.717, 1.165) is 17.8 Å². The Labute approximate surface area is 163 Å². The maximum atomic E-state index is 14.0. The van der Waals surface area contributed by atoms with Gasteiger partial charge in [-0.1, -0.05) is 30.0 Å². The average molecular weight is 393 g/mol. The number of carbonyl (C=O) groups is 1. The lowest BCUT2D eigenvalue weighted by Crippen LogP contribution is -2.13. The molecule has 0 saturated carbocycles. The van der Waals surface area contributed by atoms with E-state index in [4.69, 9.17) is 5.26 Å². The first-order chi connectivity index (χ1) is 13.5. The fourth-order valence-electron chi connectivity index (χ4n) is 2.41. The van der Waals surface area contributed by atoms with Crippen LogP contribution in [0.25, 0.3) is 0 Å². The van der Waals surface area contributed by atoms with Gasteiger partial charge in [-0.2, -0.15) is 5.26 Å². The number of nitro benzene ring substituents is 1. The molecule has 0 spiro atoms. The number of nitriles is 1. The molecule has 0 fully saturated rings. The van der Waals surface area contributed by atoms with Crippen molar-refractivity contribution in [2.75, 3.05) is 5.32 Å². The van der Waals surface area contributed by atoms with Gasteiger partial charge in [-0.15, -0.1) is 0 Å². The third-order valence-electron chi connectivity index (χ3n) is 3.72. The summed E-state index contributed by atoms with van der Waals surface area (Å²) in [6, 6.07) is 18.1. The van der Waals surface area contributed by atoms with Crippen LogP contribution >= 0.6 is 11.8 Å². The van der Waals surface area contributed by atoms with Gasteiger partial charge < -0.3 is 5.32 Å². The van der Waals surface area contributed by atoms with Crippen molar-refractivity contribution >= 4 is 29.0 Å². The van der Waals surface area contributed by atoms with Gasteiger partial charge in [-0.05, 0) is 36.4 Å². The zero-order valence-corrected chi connectivity index (χ0v) is 15.1. The van der Waals surface area contributed by atoms with Crippen molar-refractivity contribution in [1.82, 2.24) is 0 Å². The van der Waals surface area contributed by atoms with Crippen LogP contribution in [0, 0.1) is 27.3 Å². The Morgan fingerprint density at radius 2 is 1.86 bits per heavy atom. The van der Waals surface area contributed by atoms with Gasteiger partial charge in [0.1, 0.15) is 5.82 Å². The van der Waals surface area contributed by atoms with E-state index in [2.05, 4.69) is 5.32 Å². The Hall–Kier alpha value is -3.70. The van der Waals surface area contributed by atoms with Crippen molar-refractivity contribution in [2.24, 2.45) is 0 Å². The largest absolute Gasteiger partial charge is 0.322 e. The van der Waals surface area contributed by atoms with E-state index in [9.17, 15) is 19.3 Å². The quantitative estimate of drug-likeness (QED) is 0.486. The van der Waals surface area contributed by atoms with Crippen LogP contribution in [0.2, 0.25) is 0 Å². The van der Waals surface area contributed by atoms with Gasteiger partial charge in [0.25, 0.3) is 11.6 Å². The van der Waals surface area contributed by atoms with Gasteiger partial charge in [-0.25, -0.2) is 4.39 Å². The summed E-state index contributed by atoms with van der Waals surface area (Å²) in [6.07, 6.45) is 0.